The lowest BCUT2D eigenvalue weighted by atomic mass is 9.87. The minimum absolute atomic E-state index is 0.616. The van der Waals surface area contributed by atoms with E-state index in [0.29, 0.717) is 6.04 Å². The fourth-order valence-electron chi connectivity index (χ4n) is 3.79. The van der Waals surface area contributed by atoms with E-state index >= 15 is 0 Å². The fraction of sp³-hybridized carbons (Fsp3) is 0.647. The van der Waals surface area contributed by atoms with Gasteiger partial charge in [-0.2, -0.15) is 0 Å². The number of aryl methyl sites for hydroxylation is 2. The van der Waals surface area contributed by atoms with Crippen molar-refractivity contribution in [2.75, 3.05) is 6.54 Å². The highest BCUT2D eigenvalue weighted by atomic mass is 15.0. The molecule has 2 unspecified atom stereocenters. The van der Waals surface area contributed by atoms with Crippen LogP contribution in [0.2, 0.25) is 0 Å². The topological polar surface area (TPSA) is 12.0 Å². The molecule has 1 heteroatoms. The van der Waals surface area contributed by atoms with Gasteiger partial charge in [0.25, 0.3) is 0 Å². The van der Waals surface area contributed by atoms with Crippen molar-refractivity contribution in [1.82, 2.24) is 5.32 Å². The molecule has 0 aromatic heterocycles. The van der Waals surface area contributed by atoms with Crippen molar-refractivity contribution in [3.05, 3.63) is 34.4 Å². The lowest BCUT2D eigenvalue weighted by molar-refractivity contribution is 0.411. The Morgan fingerprint density at radius 2 is 2.06 bits per heavy atom. The molecule has 0 bridgehead atoms. The Labute approximate surface area is 111 Å². The SMILES string of the molecule is Cc1ccc2c(c1C1CC(C(C)C)CN1)CCC2. The summed E-state index contributed by atoms with van der Waals surface area (Å²) in [6, 6.07) is 5.31. The third kappa shape index (κ3) is 1.99. The predicted octanol–water partition coefficient (Wildman–Crippen LogP) is 3.79. The summed E-state index contributed by atoms with van der Waals surface area (Å²) in [5, 5.41) is 3.77. The average molecular weight is 243 g/mol. The molecule has 1 aliphatic carbocycles. The molecular weight excluding hydrogens is 218 g/mol. The quantitative estimate of drug-likeness (QED) is 0.833. The van der Waals surface area contributed by atoms with Crippen molar-refractivity contribution in [3.63, 3.8) is 0 Å². The van der Waals surface area contributed by atoms with Gasteiger partial charge in [0.05, 0.1) is 0 Å². The Morgan fingerprint density at radius 1 is 1.22 bits per heavy atom. The maximum absolute atomic E-state index is 3.77. The molecular formula is C17H25N. The summed E-state index contributed by atoms with van der Waals surface area (Å²) in [4.78, 5) is 0. The maximum Gasteiger partial charge on any atom is 0.0329 e. The molecule has 1 heterocycles. The Balaban J connectivity index is 1.91. The van der Waals surface area contributed by atoms with E-state index in [0.717, 1.165) is 11.8 Å². The van der Waals surface area contributed by atoms with Gasteiger partial charge in [0, 0.05) is 6.04 Å². The maximum atomic E-state index is 3.77. The van der Waals surface area contributed by atoms with E-state index in [-0.39, 0.29) is 0 Å². The zero-order chi connectivity index (χ0) is 12.7. The number of hydrogen-bond acceptors (Lipinski definition) is 1. The summed E-state index contributed by atoms with van der Waals surface area (Å²) < 4.78 is 0. The van der Waals surface area contributed by atoms with Crippen molar-refractivity contribution in [2.24, 2.45) is 11.8 Å². The van der Waals surface area contributed by atoms with Crippen LogP contribution in [0.1, 0.15) is 55.0 Å². The largest absolute Gasteiger partial charge is 0.310 e. The summed E-state index contributed by atoms with van der Waals surface area (Å²) in [5.74, 6) is 1.66. The van der Waals surface area contributed by atoms with Crippen LogP contribution in [-0.2, 0) is 12.8 Å². The molecule has 2 aliphatic rings. The normalized spacial score (nSPS) is 26.9. The summed E-state index contributed by atoms with van der Waals surface area (Å²) in [6.45, 7) is 8.21. The first-order valence-electron chi connectivity index (χ1n) is 7.51. The molecule has 0 radical (unpaired) electrons. The van der Waals surface area contributed by atoms with Crippen molar-refractivity contribution >= 4 is 0 Å². The van der Waals surface area contributed by atoms with Crippen LogP contribution >= 0.6 is 0 Å². The van der Waals surface area contributed by atoms with Crippen molar-refractivity contribution in [2.45, 2.75) is 52.5 Å². The number of benzene rings is 1. The molecule has 1 aliphatic heterocycles. The van der Waals surface area contributed by atoms with E-state index < -0.39 is 0 Å². The van der Waals surface area contributed by atoms with Crippen molar-refractivity contribution in [3.8, 4) is 0 Å². The number of fused-ring (bicyclic) bond motifs is 1. The third-order valence-electron chi connectivity index (χ3n) is 5.00. The molecule has 1 aromatic rings. The van der Waals surface area contributed by atoms with Crippen molar-refractivity contribution in [1.29, 1.82) is 0 Å². The highest BCUT2D eigenvalue weighted by Crippen LogP contribution is 2.38. The number of hydrogen-bond donors (Lipinski definition) is 1. The Kier molecular flexibility index (Phi) is 3.19. The van der Waals surface area contributed by atoms with Gasteiger partial charge in [-0.05, 0) is 73.2 Å². The van der Waals surface area contributed by atoms with E-state index in [1.807, 2.05) is 0 Å². The van der Waals surface area contributed by atoms with Crippen LogP contribution in [0.3, 0.4) is 0 Å². The summed E-state index contributed by atoms with van der Waals surface area (Å²) in [5.41, 5.74) is 6.44. The van der Waals surface area contributed by atoms with E-state index in [2.05, 4.69) is 38.2 Å². The Bertz CT molecular complexity index is 447. The second-order valence-electron chi connectivity index (χ2n) is 6.49. The molecule has 3 rings (SSSR count). The smallest absolute Gasteiger partial charge is 0.0329 e. The third-order valence-corrected chi connectivity index (χ3v) is 5.00. The first-order chi connectivity index (χ1) is 8.66. The predicted molar refractivity (Wildman–Crippen MR) is 76.9 cm³/mol. The number of nitrogens with one attached hydrogen (secondary N) is 1. The van der Waals surface area contributed by atoms with E-state index in [1.54, 1.807) is 16.7 Å². The van der Waals surface area contributed by atoms with Crippen molar-refractivity contribution < 1.29 is 0 Å². The summed E-state index contributed by atoms with van der Waals surface area (Å²) in [6.07, 6.45) is 5.28. The van der Waals surface area contributed by atoms with Gasteiger partial charge >= 0.3 is 0 Å². The van der Waals surface area contributed by atoms with Gasteiger partial charge in [-0.15, -0.1) is 0 Å². The van der Waals surface area contributed by atoms with E-state index in [1.165, 1.54) is 37.8 Å². The van der Waals surface area contributed by atoms with Crippen LogP contribution < -0.4 is 5.32 Å². The monoisotopic (exact) mass is 243 g/mol. The van der Waals surface area contributed by atoms with Crippen LogP contribution in [0, 0.1) is 18.8 Å². The molecule has 0 spiro atoms. The van der Waals surface area contributed by atoms with Gasteiger partial charge in [-0.25, -0.2) is 0 Å². The summed E-state index contributed by atoms with van der Waals surface area (Å²) in [7, 11) is 0. The number of rotatable bonds is 2. The van der Waals surface area contributed by atoms with E-state index in [4.69, 9.17) is 0 Å². The lowest BCUT2D eigenvalue weighted by Gasteiger charge is -2.19. The van der Waals surface area contributed by atoms with Gasteiger partial charge in [-0.3, -0.25) is 0 Å². The summed E-state index contributed by atoms with van der Waals surface area (Å²) >= 11 is 0. The Hall–Kier alpha value is -0.820. The molecule has 1 saturated heterocycles. The zero-order valence-electron chi connectivity index (χ0n) is 11.9. The van der Waals surface area contributed by atoms with Crippen LogP contribution in [0.5, 0.6) is 0 Å². The molecule has 98 valence electrons. The molecule has 1 fully saturated rings. The zero-order valence-corrected chi connectivity index (χ0v) is 11.9. The van der Waals surface area contributed by atoms with Gasteiger partial charge in [0.15, 0.2) is 0 Å². The average Bonchev–Trinajstić information content (AvgIpc) is 2.95. The first-order valence-corrected chi connectivity index (χ1v) is 7.51. The second kappa shape index (κ2) is 4.70. The lowest BCUT2D eigenvalue weighted by Crippen LogP contribution is -2.17. The molecule has 1 N–H and O–H groups in total. The molecule has 0 amide bonds. The van der Waals surface area contributed by atoms with Gasteiger partial charge in [0.1, 0.15) is 0 Å². The van der Waals surface area contributed by atoms with Gasteiger partial charge in [-0.1, -0.05) is 26.0 Å². The fourth-order valence-corrected chi connectivity index (χ4v) is 3.79. The highest BCUT2D eigenvalue weighted by Gasteiger charge is 2.30. The molecule has 0 saturated carbocycles. The molecule has 1 aromatic carbocycles. The standard InChI is InChI=1S/C17H25N/c1-11(2)14-9-16(18-10-14)17-12(3)7-8-13-5-4-6-15(13)17/h7-8,11,14,16,18H,4-6,9-10H2,1-3H3. The highest BCUT2D eigenvalue weighted by molar-refractivity contribution is 5.45. The van der Waals surface area contributed by atoms with Crippen LogP contribution in [-0.4, -0.2) is 6.54 Å². The minimum atomic E-state index is 0.616. The van der Waals surface area contributed by atoms with Gasteiger partial charge < -0.3 is 5.32 Å². The molecule has 1 nitrogen and oxygen atoms in total. The first kappa shape index (κ1) is 12.2. The molecule has 2 atom stereocenters. The second-order valence-corrected chi connectivity index (χ2v) is 6.49. The van der Waals surface area contributed by atoms with Crippen LogP contribution in [0.15, 0.2) is 12.1 Å². The minimum Gasteiger partial charge on any atom is -0.310 e. The van der Waals surface area contributed by atoms with Gasteiger partial charge in [0.2, 0.25) is 0 Å². The molecule has 18 heavy (non-hydrogen) atoms. The van der Waals surface area contributed by atoms with E-state index in [9.17, 15) is 0 Å². The van der Waals surface area contributed by atoms with Crippen LogP contribution in [0.4, 0.5) is 0 Å². The Morgan fingerprint density at radius 3 is 2.78 bits per heavy atom. The van der Waals surface area contributed by atoms with Crippen LogP contribution in [0.25, 0.3) is 0 Å².